The van der Waals surface area contributed by atoms with Crippen molar-refractivity contribution in [2.24, 2.45) is 0 Å². The Labute approximate surface area is 92.4 Å². The summed E-state index contributed by atoms with van der Waals surface area (Å²) in [4.78, 5) is 32.3. The Kier molecular flexibility index (Phi) is 5.76. The Bertz CT molecular complexity index is 268. The van der Waals surface area contributed by atoms with E-state index in [1.807, 2.05) is 0 Å². The zero-order valence-electron chi connectivity index (χ0n) is 8.39. The van der Waals surface area contributed by atoms with Gasteiger partial charge in [-0.05, 0) is 6.92 Å². The van der Waals surface area contributed by atoms with Crippen molar-refractivity contribution in [3.63, 3.8) is 0 Å². The van der Waals surface area contributed by atoms with Gasteiger partial charge in [0.25, 0.3) is 0 Å². The van der Waals surface area contributed by atoms with Gasteiger partial charge in [-0.15, -0.1) is 0 Å². The highest BCUT2D eigenvalue weighted by atomic mass is 32.1. The first-order valence-corrected chi connectivity index (χ1v) is 4.83. The molecule has 0 aromatic heterocycles. The zero-order chi connectivity index (χ0) is 12.0. The van der Waals surface area contributed by atoms with Gasteiger partial charge in [0.05, 0.1) is 0 Å². The fraction of sp³-hybridized carbons (Fsp3) is 0.625. The summed E-state index contributed by atoms with van der Waals surface area (Å²) < 4.78 is 4.56. The average Bonchev–Trinajstić information content (AvgIpc) is 2.13. The van der Waals surface area contributed by atoms with Crippen LogP contribution in [0.1, 0.15) is 13.8 Å². The van der Waals surface area contributed by atoms with Crippen LogP contribution in [0.2, 0.25) is 0 Å². The predicted molar refractivity (Wildman–Crippen MR) is 54.6 cm³/mol. The molecule has 0 heterocycles. The highest BCUT2D eigenvalue weighted by Crippen LogP contribution is 1.98. The van der Waals surface area contributed by atoms with Crippen LogP contribution in [0.25, 0.3) is 0 Å². The molecule has 0 radical (unpaired) electrons. The zero-order valence-corrected chi connectivity index (χ0v) is 9.28. The number of carbonyl (C=O) groups excluding carboxylic acids is 2. The molecule has 2 atom stereocenters. The second kappa shape index (κ2) is 6.28. The second-order valence-electron chi connectivity index (χ2n) is 2.85. The van der Waals surface area contributed by atoms with E-state index >= 15 is 0 Å². The molecular formula is C8H13NO5S. The normalized spacial score (nSPS) is 13.8. The Morgan fingerprint density at radius 2 is 2.00 bits per heavy atom. The quantitative estimate of drug-likeness (QED) is 0.438. The summed E-state index contributed by atoms with van der Waals surface area (Å²) in [6.07, 6.45) is -1.24. The third-order valence-corrected chi connectivity index (χ3v) is 1.85. The summed E-state index contributed by atoms with van der Waals surface area (Å²) in [5, 5.41) is 10.8. The van der Waals surface area contributed by atoms with Crippen LogP contribution in [0.15, 0.2) is 0 Å². The summed E-state index contributed by atoms with van der Waals surface area (Å²) in [6.45, 7) is 2.47. The van der Waals surface area contributed by atoms with E-state index in [1.54, 1.807) is 0 Å². The third kappa shape index (κ3) is 5.26. The number of carboxylic acid groups (broad SMARTS) is 1. The van der Waals surface area contributed by atoms with Crippen LogP contribution >= 0.6 is 12.6 Å². The largest absolute Gasteiger partial charge is 0.479 e. The number of carboxylic acids is 1. The standard InChI is InChI=1S/C8H13NO5S/c1-4(7(11)12)14-8(13)6(3-15)9-5(2)10/h4,6,15H,3H2,1-2H3,(H,9,10)(H,11,12)/t4-,6+/m1/s1. The Balaban J connectivity index is 4.27. The maximum absolute atomic E-state index is 11.3. The van der Waals surface area contributed by atoms with Crippen LogP contribution < -0.4 is 5.32 Å². The molecule has 0 aliphatic rings. The molecule has 0 unspecified atom stereocenters. The third-order valence-electron chi connectivity index (χ3n) is 1.49. The fourth-order valence-electron chi connectivity index (χ4n) is 0.731. The van der Waals surface area contributed by atoms with Crippen molar-refractivity contribution < 1.29 is 24.2 Å². The molecule has 1 amide bonds. The van der Waals surface area contributed by atoms with Crippen molar-refractivity contribution in [2.45, 2.75) is 26.0 Å². The van der Waals surface area contributed by atoms with Gasteiger partial charge in [0.1, 0.15) is 6.04 Å². The number of hydrogen-bond donors (Lipinski definition) is 3. The minimum absolute atomic E-state index is 0.0464. The van der Waals surface area contributed by atoms with Crippen LogP contribution in [0.4, 0.5) is 0 Å². The van der Waals surface area contributed by atoms with Gasteiger partial charge in [-0.3, -0.25) is 4.79 Å². The number of esters is 1. The van der Waals surface area contributed by atoms with Gasteiger partial charge >= 0.3 is 11.9 Å². The van der Waals surface area contributed by atoms with E-state index in [-0.39, 0.29) is 5.75 Å². The molecule has 0 aliphatic carbocycles. The SMILES string of the molecule is CC(=O)N[C@@H](CS)C(=O)O[C@H](C)C(=O)O. The molecule has 0 aromatic carbocycles. The molecule has 0 bridgehead atoms. The number of aliphatic carboxylic acids is 1. The van der Waals surface area contributed by atoms with Crippen molar-refractivity contribution in [2.75, 3.05) is 5.75 Å². The molecule has 0 fully saturated rings. The van der Waals surface area contributed by atoms with Crippen molar-refractivity contribution in [3.8, 4) is 0 Å². The minimum Gasteiger partial charge on any atom is -0.479 e. The Hall–Kier alpha value is -1.24. The van der Waals surface area contributed by atoms with Crippen LogP contribution in [-0.4, -0.2) is 40.9 Å². The lowest BCUT2D eigenvalue weighted by atomic mass is 10.3. The van der Waals surface area contributed by atoms with Crippen molar-refractivity contribution in [1.82, 2.24) is 5.32 Å². The molecule has 0 saturated heterocycles. The molecular weight excluding hydrogens is 222 g/mol. The molecule has 2 N–H and O–H groups in total. The average molecular weight is 235 g/mol. The van der Waals surface area contributed by atoms with Crippen LogP contribution in [0, 0.1) is 0 Å². The van der Waals surface area contributed by atoms with Gasteiger partial charge in [0, 0.05) is 12.7 Å². The molecule has 0 saturated carbocycles. The number of hydrogen-bond acceptors (Lipinski definition) is 5. The first-order valence-electron chi connectivity index (χ1n) is 4.19. The van der Waals surface area contributed by atoms with Crippen LogP contribution in [-0.2, 0) is 19.1 Å². The summed E-state index contributed by atoms with van der Waals surface area (Å²) in [5.41, 5.74) is 0. The van der Waals surface area contributed by atoms with E-state index in [9.17, 15) is 14.4 Å². The number of carbonyl (C=O) groups is 3. The molecule has 0 aromatic rings. The van der Waals surface area contributed by atoms with Gasteiger partial charge in [-0.2, -0.15) is 12.6 Å². The smallest absolute Gasteiger partial charge is 0.344 e. The summed E-state index contributed by atoms with van der Waals surface area (Å²) in [5.74, 6) is -2.42. The van der Waals surface area contributed by atoms with E-state index in [2.05, 4.69) is 22.7 Å². The van der Waals surface area contributed by atoms with E-state index in [1.165, 1.54) is 13.8 Å². The first-order chi connectivity index (χ1) is 6.88. The van der Waals surface area contributed by atoms with Crippen LogP contribution in [0.5, 0.6) is 0 Å². The molecule has 0 rings (SSSR count). The summed E-state index contributed by atoms with van der Waals surface area (Å²) >= 11 is 3.84. The lowest BCUT2D eigenvalue weighted by Crippen LogP contribution is -2.44. The van der Waals surface area contributed by atoms with Gasteiger partial charge in [-0.1, -0.05) is 0 Å². The first kappa shape index (κ1) is 13.8. The Morgan fingerprint density at radius 1 is 1.47 bits per heavy atom. The van der Waals surface area contributed by atoms with Crippen molar-refractivity contribution in [1.29, 1.82) is 0 Å². The molecule has 0 spiro atoms. The molecule has 86 valence electrons. The summed E-state index contributed by atoms with van der Waals surface area (Å²) in [7, 11) is 0. The lowest BCUT2D eigenvalue weighted by molar-refractivity contribution is -0.164. The molecule has 0 aliphatic heterocycles. The maximum atomic E-state index is 11.3. The topological polar surface area (TPSA) is 92.7 Å². The van der Waals surface area contributed by atoms with Crippen LogP contribution in [0.3, 0.4) is 0 Å². The highest BCUT2D eigenvalue weighted by molar-refractivity contribution is 7.80. The number of ether oxygens (including phenoxy) is 1. The van der Waals surface area contributed by atoms with Gasteiger partial charge in [0.15, 0.2) is 6.10 Å². The number of amides is 1. The number of nitrogens with one attached hydrogen (secondary N) is 1. The Morgan fingerprint density at radius 3 is 2.33 bits per heavy atom. The second-order valence-corrected chi connectivity index (χ2v) is 3.22. The van der Waals surface area contributed by atoms with E-state index in [4.69, 9.17) is 5.11 Å². The molecule has 7 heteroatoms. The summed E-state index contributed by atoms with van der Waals surface area (Å²) in [6, 6.07) is -0.923. The fourth-order valence-corrected chi connectivity index (χ4v) is 0.972. The van der Waals surface area contributed by atoms with Crippen molar-refractivity contribution >= 4 is 30.5 Å². The maximum Gasteiger partial charge on any atom is 0.344 e. The highest BCUT2D eigenvalue weighted by Gasteiger charge is 2.24. The van der Waals surface area contributed by atoms with Gasteiger partial charge in [-0.25, -0.2) is 9.59 Å². The van der Waals surface area contributed by atoms with E-state index < -0.39 is 30.0 Å². The number of rotatable bonds is 5. The van der Waals surface area contributed by atoms with E-state index in [0.29, 0.717) is 0 Å². The van der Waals surface area contributed by atoms with Crippen molar-refractivity contribution in [3.05, 3.63) is 0 Å². The monoisotopic (exact) mass is 235 g/mol. The lowest BCUT2D eigenvalue weighted by Gasteiger charge is -2.16. The van der Waals surface area contributed by atoms with E-state index in [0.717, 1.165) is 0 Å². The predicted octanol–water partition coefficient (Wildman–Crippen LogP) is -0.563. The van der Waals surface area contributed by atoms with Gasteiger partial charge in [0.2, 0.25) is 5.91 Å². The minimum atomic E-state index is -1.25. The van der Waals surface area contributed by atoms with Gasteiger partial charge < -0.3 is 15.2 Å². The number of thiol groups is 1. The molecule has 15 heavy (non-hydrogen) atoms. The molecule has 6 nitrogen and oxygen atoms in total.